The van der Waals surface area contributed by atoms with Crippen molar-refractivity contribution >= 4 is 16.7 Å². The Morgan fingerprint density at radius 2 is 1.65 bits per heavy atom. The zero-order valence-electron chi connectivity index (χ0n) is 14.3. The zero-order valence-corrected chi connectivity index (χ0v) is 14.3. The van der Waals surface area contributed by atoms with Gasteiger partial charge < -0.3 is 5.32 Å². The van der Waals surface area contributed by atoms with Crippen molar-refractivity contribution in [3.05, 3.63) is 96.3 Å². The number of aromatic nitrogens is 2. The molecule has 1 aromatic heterocycles. The van der Waals surface area contributed by atoms with Crippen molar-refractivity contribution in [3.8, 4) is 5.69 Å². The molecule has 3 aromatic carbocycles. The maximum absolute atomic E-state index is 12.4. The lowest BCUT2D eigenvalue weighted by Gasteiger charge is -2.07. The molecule has 0 spiro atoms. The Morgan fingerprint density at radius 1 is 0.885 bits per heavy atom. The van der Waals surface area contributed by atoms with Crippen molar-refractivity contribution < 1.29 is 4.79 Å². The molecule has 0 saturated heterocycles. The molecule has 0 bridgehead atoms. The molecule has 0 unspecified atom stereocenters. The van der Waals surface area contributed by atoms with Gasteiger partial charge in [-0.15, -0.1) is 0 Å². The van der Waals surface area contributed by atoms with Crippen LogP contribution in [-0.4, -0.2) is 22.2 Å². The number of carbonyl (C=O) groups is 1. The highest BCUT2D eigenvalue weighted by Gasteiger charge is 2.10. The van der Waals surface area contributed by atoms with Crippen LogP contribution >= 0.6 is 0 Å². The Bertz CT molecular complexity index is 1030. The van der Waals surface area contributed by atoms with Gasteiger partial charge in [0.2, 0.25) is 0 Å². The van der Waals surface area contributed by atoms with Gasteiger partial charge in [-0.05, 0) is 41.0 Å². The summed E-state index contributed by atoms with van der Waals surface area (Å²) in [6, 6.07) is 26.1. The first-order valence-electron chi connectivity index (χ1n) is 8.67. The van der Waals surface area contributed by atoms with Crippen molar-refractivity contribution in [2.75, 3.05) is 6.54 Å². The average Bonchev–Trinajstić information content (AvgIpc) is 3.19. The number of carbonyl (C=O) groups excluding carboxylic acids is 1. The number of hydrogen-bond acceptors (Lipinski definition) is 2. The number of para-hydroxylation sites is 1. The van der Waals surface area contributed by atoms with E-state index in [0.29, 0.717) is 12.2 Å². The quantitative estimate of drug-likeness (QED) is 0.596. The summed E-state index contributed by atoms with van der Waals surface area (Å²) >= 11 is 0. The molecule has 0 aliphatic heterocycles. The third kappa shape index (κ3) is 3.35. The molecule has 4 aromatic rings. The average molecular weight is 341 g/mol. The van der Waals surface area contributed by atoms with Crippen LogP contribution in [0.1, 0.15) is 16.1 Å². The highest BCUT2D eigenvalue weighted by atomic mass is 16.1. The topological polar surface area (TPSA) is 46.9 Å². The zero-order chi connectivity index (χ0) is 17.8. The molecule has 128 valence electrons. The first kappa shape index (κ1) is 16.1. The van der Waals surface area contributed by atoms with E-state index in [9.17, 15) is 4.79 Å². The minimum absolute atomic E-state index is 0.153. The summed E-state index contributed by atoms with van der Waals surface area (Å²) in [5, 5.41) is 9.78. The van der Waals surface area contributed by atoms with Crippen molar-refractivity contribution in [1.29, 1.82) is 0 Å². The smallest absolute Gasteiger partial charge is 0.271 e. The predicted molar refractivity (Wildman–Crippen MR) is 104 cm³/mol. The number of nitrogens with one attached hydrogen (secondary N) is 1. The SMILES string of the molecule is O=C(NCCc1cccc2ccccc12)c1ccn(-c2ccccc2)n1. The van der Waals surface area contributed by atoms with Crippen molar-refractivity contribution in [2.45, 2.75) is 6.42 Å². The molecule has 1 amide bonds. The van der Waals surface area contributed by atoms with E-state index in [0.717, 1.165) is 12.1 Å². The van der Waals surface area contributed by atoms with Gasteiger partial charge in [-0.3, -0.25) is 4.79 Å². The molecule has 1 heterocycles. The molecule has 0 atom stereocenters. The van der Waals surface area contributed by atoms with Crippen LogP contribution < -0.4 is 5.32 Å². The van der Waals surface area contributed by atoms with E-state index in [2.05, 4.69) is 40.7 Å². The molecule has 4 nitrogen and oxygen atoms in total. The molecule has 0 fully saturated rings. The molecule has 26 heavy (non-hydrogen) atoms. The van der Waals surface area contributed by atoms with E-state index in [-0.39, 0.29) is 5.91 Å². The lowest BCUT2D eigenvalue weighted by molar-refractivity contribution is 0.0949. The Morgan fingerprint density at radius 3 is 2.54 bits per heavy atom. The number of nitrogens with zero attached hydrogens (tertiary/aromatic N) is 2. The van der Waals surface area contributed by atoms with Gasteiger partial charge in [0, 0.05) is 12.7 Å². The summed E-state index contributed by atoms with van der Waals surface area (Å²) < 4.78 is 1.71. The van der Waals surface area contributed by atoms with E-state index < -0.39 is 0 Å². The van der Waals surface area contributed by atoms with E-state index in [4.69, 9.17) is 0 Å². The molecule has 0 radical (unpaired) electrons. The second kappa shape index (κ2) is 7.23. The van der Waals surface area contributed by atoms with E-state index in [1.807, 2.05) is 42.5 Å². The van der Waals surface area contributed by atoms with Crippen molar-refractivity contribution in [3.63, 3.8) is 0 Å². The molecule has 1 N–H and O–H groups in total. The Labute approximate surface area is 152 Å². The van der Waals surface area contributed by atoms with E-state index >= 15 is 0 Å². The summed E-state index contributed by atoms with van der Waals surface area (Å²) in [5.74, 6) is -0.153. The fourth-order valence-corrected chi connectivity index (χ4v) is 3.08. The summed E-state index contributed by atoms with van der Waals surface area (Å²) in [6.07, 6.45) is 2.58. The molecule has 0 aliphatic rings. The minimum atomic E-state index is -0.153. The molecule has 0 aliphatic carbocycles. The van der Waals surface area contributed by atoms with Gasteiger partial charge in [0.15, 0.2) is 5.69 Å². The fourth-order valence-electron chi connectivity index (χ4n) is 3.08. The van der Waals surface area contributed by atoms with Crippen LogP contribution in [0, 0.1) is 0 Å². The summed E-state index contributed by atoms with van der Waals surface area (Å²) in [4.78, 5) is 12.4. The van der Waals surface area contributed by atoms with Crippen LogP contribution in [0.3, 0.4) is 0 Å². The first-order chi connectivity index (χ1) is 12.8. The molecule has 4 rings (SSSR count). The van der Waals surface area contributed by atoms with Gasteiger partial charge in [-0.2, -0.15) is 5.10 Å². The number of benzene rings is 3. The Kier molecular flexibility index (Phi) is 4.48. The molecule has 4 heteroatoms. The molecular weight excluding hydrogens is 322 g/mol. The minimum Gasteiger partial charge on any atom is -0.350 e. The summed E-state index contributed by atoms with van der Waals surface area (Å²) in [7, 11) is 0. The number of rotatable bonds is 5. The Balaban J connectivity index is 1.41. The normalized spacial score (nSPS) is 10.8. The number of fused-ring (bicyclic) bond motifs is 1. The first-order valence-corrected chi connectivity index (χ1v) is 8.67. The second-order valence-electron chi connectivity index (χ2n) is 6.13. The van der Waals surface area contributed by atoms with E-state index in [1.165, 1.54) is 16.3 Å². The van der Waals surface area contributed by atoms with Crippen LogP contribution in [0.4, 0.5) is 0 Å². The Hall–Kier alpha value is -3.40. The summed E-state index contributed by atoms with van der Waals surface area (Å²) in [6.45, 7) is 0.574. The largest absolute Gasteiger partial charge is 0.350 e. The maximum atomic E-state index is 12.4. The van der Waals surface area contributed by atoms with Crippen LogP contribution in [0.15, 0.2) is 85.1 Å². The second-order valence-corrected chi connectivity index (χ2v) is 6.13. The van der Waals surface area contributed by atoms with Gasteiger partial charge in [0.1, 0.15) is 0 Å². The van der Waals surface area contributed by atoms with Crippen LogP contribution in [-0.2, 0) is 6.42 Å². The van der Waals surface area contributed by atoms with Gasteiger partial charge in [0.25, 0.3) is 5.91 Å². The van der Waals surface area contributed by atoms with E-state index in [1.54, 1.807) is 16.9 Å². The van der Waals surface area contributed by atoms with Gasteiger partial charge in [-0.1, -0.05) is 60.7 Å². The highest BCUT2D eigenvalue weighted by molar-refractivity contribution is 5.92. The standard InChI is InChI=1S/C22H19N3O/c26-22(21-14-16-25(24-21)19-10-2-1-3-11-19)23-15-13-18-9-6-8-17-7-4-5-12-20(17)18/h1-12,14,16H,13,15H2,(H,23,26). The van der Waals surface area contributed by atoms with Gasteiger partial charge in [-0.25, -0.2) is 4.68 Å². The number of amides is 1. The molecule has 0 saturated carbocycles. The number of hydrogen-bond donors (Lipinski definition) is 1. The van der Waals surface area contributed by atoms with Crippen molar-refractivity contribution in [1.82, 2.24) is 15.1 Å². The van der Waals surface area contributed by atoms with Crippen LogP contribution in [0.5, 0.6) is 0 Å². The molecular formula is C22H19N3O. The van der Waals surface area contributed by atoms with Crippen LogP contribution in [0.25, 0.3) is 16.5 Å². The van der Waals surface area contributed by atoms with Gasteiger partial charge >= 0.3 is 0 Å². The summed E-state index contributed by atoms with van der Waals surface area (Å²) in [5.41, 5.74) is 2.59. The predicted octanol–water partition coefficient (Wildman–Crippen LogP) is 4.00. The maximum Gasteiger partial charge on any atom is 0.271 e. The van der Waals surface area contributed by atoms with Gasteiger partial charge in [0.05, 0.1) is 5.69 Å². The fraction of sp³-hybridized carbons (Fsp3) is 0.0909. The van der Waals surface area contributed by atoms with Crippen molar-refractivity contribution in [2.24, 2.45) is 0 Å². The lowest BCUT2D eigenvalue weighted by Crippen LogP contribution is -2.26. The lowest BCUT2D eigenvalue weighted by atomic mass is 10.0. The highest BCUT2D eigenvalue weighted by Crippen LogP contribution is 2.18. The van der Waals surface area contributed by atoms with Crippen LogP contribution in [0.2, 0.25) is 0 Å². The third-order valence-corrected chi connectivity index (χ3v) is 4.40. The monoisotopic (exact) mass is 341 g/mol. The third-order valence-electron chi connectivity index (χ3n) is 4.40.